The SMILES string of the molecule is Cc1cccc(CCC(=O)Nc2ccc(Oc3ccc(-n4ccnc4)nn3)cc2)c1. The molecule has 30 heavy (non-hydrogen) atoms. The smallest absolute Gasteiger partial charge is 0.238 e. The van der Waals surface area contributed by atoms with Gasteiger partial charge in [0.25, 0.3) is 0 Å². The van der Waals surface area contributed by atoms with E-state index in [1.807, 2.05) is 25.1 Å². The van der Waals surface area contributed by atoms with E-state index in [1.54, 1.807) is 59.7 Å². The highest BCUT2D eigenvalue weighted by molar-refractivity contribution is 5.90. The van der Waals surface area contributed by atoms with E-state index in [4.69, 9.17) is 4.74 Å². The Kier molecular flexibility index (Phi) is 5.80. The van der Waals surface area contributed by atoms with Crippen molar-refractivity contribution in [1.82, 2.24) is 19.7 Å². The molecule has 0 fully saturated rings. The van der Waals surface area contributed by atoms with E-state index < -0.39 is 0 Å². The molecule has 7 nitrogen and oxygen atoms in total. The molecule has 0 aliphatic rings. The first kappa shape index (κ1) is 19.3. The molecule has 0 atom stereocenters. The minimum absolute atomic E-state index is 0.0221. The zero-order chi connectivity index (χ0) is 20.8. The summed E-state index contributed by atoms with van der Waals surface area (Å²) in [4.78, 5) is 16.2. The van der Waals surface area contributed by atoms with Gasteiger partial charge in [-0.3, -0.25) is 9.36 Å². The molecule has 1 N–H and O–H groups in total. The number of ether oxygens (including phenoxy) is 1. The number of nitrogens with zero attached hydrogens (tertiary/aromatic N) is 4. The molecular formula is C23H21N5O2. The molecule has 0 aliphatic carbocycles. The van der Waals surface area contributed by atoms with Crippen LogP contribution in [0.4, 0.5) is 5.69 Å². The summed E-state index contributed by atoms with van der Waals surface area (Å²) in [5.41, 5.74) is 3.08. The van der Waals surface area contributed by atoms with Gasteiger partial charge in [0.15, 0.2) is 5.82 Å². The highest BCUT2D eigenvalue weighted by atomic mass is 16.5. The number of amides is 1. The minimum Gasteiger partial charge on any atom is -0.438 e. The van der Waals surface area contributed by atoms with Crippen molar-refractivity contribution in [2.45, 2.75) is 19.8 Å². The number of aromatic nitrogens is 4. The average molecular weight is 399 g/mol. The molecule has 0 saturated heterocycles. The first-order valence-corrected chi connectivity index (χ1v) is 9.61. The Morgan fingerprint density at radius 3 is 2.63 bits per heavy atom. The predicted octanol–water partition coefficient (Wildman–Crippen LogP) is 4.33. The summed E-state index contributed by atoms with van der Waals surface area (Å²) in [6, 6.07) is 18.9. The molecule has 0 aliphatic heterocycles. The summed E-state index contributed by atoms with van der Waals surface area (Å²) in [5, 5.41) is 11.1. The fraction of sp³-hybridized carbons (Fsp3) is 0.130. The molecule has 2 aromatic carbocycles. The molecule has 7 heteroatoms. The second-order valence-corrected chi connectivity index (χ2v) is 6.86. The van der Waals surface area contributed by atoms with Crippen LogP contribution in [0, 0.1) is 6.92 Å². The molecular weight excluding hydrogens is 378 g/mol. The van der Waals surface area contributed by atoms with Gasteiger partial charge in [-0.15, -0.1) is 10.2 Å². The molecule has 0 radical (unpaired) electrons. The number of anilines is 1. The number of hydrogen-bond donors (Lipinski definition) is 1. The highest BCUT2D eigenvalue weighted by Gasteiger charge is 2.06. The predicted molar refractivity (Wildman–Crippen MR) is 114 cm³/mol. The van der Waals surface area contributed by atoms with Gasteiger partial charge >= 0.3 is 0 Å². The number of rotatable bonds is 7. The van der Waals surface area contributed by atoms with Gasteiger partial charge in [-0.1, -0.05) is 29.8 Å². The standard InChI is InChI=1S/C23H21N5O2/c1-17-3-2-4-18(15-17)5-11-22(29)25-19-6-8-20(9-7-19)30-23-12-10-21(26-27-23)28-14-13-24-16-28/h2-4,6-10,12-16H,5,11H2,1H3,(H,25,29). The number of benzene rings is 2. The van der Waals surface area contributed by atoms with E-state index in [0.717, 1.165) is 11.3 Å². The van der Waals surface area contributed by atoms with Gasteiger partial charge in [0.1, 0.15) is 12.1 Å². The Balaban J connectivity index is 1.30. The van der Waals surface area contributed by atoms with Crippen LogP contribution in [0.15, 0.2) is 79.4 Å². The van der Waals surface area contributed by atoms with Crippen molar-refractivity contribution in [2.75, 3.05) is 5.32 Å². The van der Waals surface area contributed by atoms with Crippen molar-refractivity contribution in [2.24, 2.45) is 0 Å². The van der Waals surface area contributed by atoms with Crippen LogP contribution in [0.25, 0.3) is 5.82 Å². The Hall–Kier alpha value is -4.00. The van der Waals surface area contributed by atoms with Crippen molar-refractivity contribution in [3.63, 3.8) is 0 Å². The monoisotopic (exact) mass is 399 g/mol. The Morgan fingerprint density at radius 2 is 1.93 bits per heavy atom. The van der Waals surface area contributed by atoms with E-state index in [-0.39, 0.29) is 5.91 Å². The molecule has 4 rings (SSSR count). The summed E-state index contributed by atoms with van der Waals surface area (Å²) in [5.74, 6) is 1.63. The van der Waals surface area contributed by atoms with Crippen LogP contribution in [0.1, 0.15) is 17.5 Å². The van der Waals surface area contributed by atoms with Crippen molar-refractivity contribution >= 4 is 11.6 Å². The van der Waals surface area contributed by atoms with E-state index in [9.17, 15) is 4.79 Å². The largest absolute Gasteiger partial charge is 0.438 e. The lowest BCUT2D eigenvalue weighted by Gasteiger charge is -2.08. The Bertz CT molecular complexity index is 1110. The number of hydrogen-bond acceptors (Lipinski definition) is 5. The van der Waals surface area contributed by atoms with Crippen LogP contribution in [-0.4, -0.2) is 25.7 Å². The molecule has 4 aromatic rings. The molecule has 0 unspecified atom stereocenters. The number of imidazole rings is 1. The van der Waals surface area contributed by atoms with E-state index in [1.165, 1.54) is 5.56 Å². The second kappa shape index (κ2) is 9.00. The lowest BCUT2D eigenvalue weighted by Crippen LogP contribution is -2.12. The van der Waals surface area contributed by atoms with E-state index in [2.05, 4.69) is 26.6 Å². The van der Waals surface area contributed by atoms with E-state index in [0.29, 0.717) is 30.3 Å². The maximum atomic E-state index is 12.2. The van der Waals surface area contributed by atoms with Crippen LogP contribution < -0.4 is 10.1 Å². The number of aryl methyl sites for hydroxylation is 2. The van der Waals surface area contributed by atoms with Crippen LogP contribution in [0.3, 0.4) is 0 Å². The lowest BCUT2D eigenvalue weighted by molar-refractivity contribution is -0.116. The summed E-state index contributed by atoms with van der Waals surface area (Å²) in [6.07, 6.45) is 6.26. The maximum absolute atomic E-state index is 12.2. The van der Waals surface area contributed by atoms with Gasteiger partial charge in [0.05, 0.1) is 0 Å². The molecule has 150 valence electrons. The molecule has 0 spiro atoms. The second-order valence-electron chi connectivity index (χ2n) is 6.86. The van der Waals surface area contributed by atoms with Crippen LogP contribution in [0.5, 0.6) is 11.6 Å². The number of carbonyl (C=O) groups excluding carboxylic acids is 1. The lowest BCUT2D eigenvalue weighted by atomic mass is 10.1. The fourth-order valence-electron chi connectivity index (χ4n) is 2.98. The summed E-state index contributed by atoms with van der Waals surface area (Å²) < 4.78 is 7.47. The molecule has 1 amide bonds. The van der Waals surface area contributed by atoms with Crippen molar-refractivity contribution < 1.29 is 9.53 Å². The first-order chi connectivity index (χ1) is 14.7. The van der Waals surface area contributed by atoms with Gasteiger partial charge < -0.3 is 10.1 Å². The molecule has 2 heterocycles. The molecule has 2 aromatic heterocycles. The summed E-state index contributed by atoms with van der Waals surface area (Å²) >= 11 is 0. The number of nitrogens with one attached hydrogen (secondary N) is 1. The topological polar surface area (TPSA) is 81.9 Å². The summed E-state index contributed by atoms with van der Waals surface area (Å²) in [6.45, 7) is 2.05. The van der Waals surface area contributed by atoms with Crippen molar-refractivity contribution in [1.29, 1.82) is 0 Å². The number of carbonyl (C=O) groups is 1. The molecule has 0 bridgehead atoms. The zero-order valence-electron chi connectivity index (χ0n) is 16.5. The third-order valence-electron chi connectivity index (χ3n) is 4.48. The third-order valence-corrected chi connectivity index (χ3v) is 4.48. The normalized spacial score (nSPS) is 10.6. The Morgan fingerprint density at radius 1 is 1.07 bits per heavy atom. The average Bonchev–Trinajstić information content (AvgIpc) is 3.29. The van der Waals surface area contributed by atoms with Crippen LogP contribution in [0.2, 0.25) is 0 Å². The zero-order valence-corrected chi connectivity index (χ0v) is 16.5. The first-order valence-electron chi connectivity index (χ1n) is 9.61. The van der Waals surface area contributed by atoms with Gasteiger partial charge in [-0.05, 0) is 49.2 Å². The molecule has 0 saturated carbocycles. The van der Waals surface area contributed by atoms with E-state index >= 15 is 0 Å². The maximum Gasteiger partial charge on any atom is 0.238 e. The Labute approximate surface area is 174 Å². The minimum atomic E-state index is -0.0221. The summed E-state index contributed by atoms with van der Waals surface area (Å²) in [7, 11) is 0. The van der Waals surface area contributed by atoms with Crippen LogP contribution in [-0.2, 0) is 11.2 Å². The van der Waals surface area contributed by atoms with Crippen molar-refractivity contribution in [3.8, 4) is 17.4 Å². The van der Waals surface area contributed by atoms with Crippen molar-refractivity contribution in [3.05, 3.63) is 90.5 Å². The highest BCUT2D eigenvalue weighted by Crippen LogP contribution is 2.21. The van der Waals surface area contributed by atoms with Gasteiger partial charge in [0.2, 0.25) is 11.8 Å². The van der Waals surface area contributed by atoms with Gasteiger partial charge in [0, 0.05) is 30.6 Å². The van der Waals surface area contributed by atoms with Gasteiger partial charge in [-0.2, -0.15) is 0 Å². The van der Waals surface area contributed by atoms with Crippen LogP contribution >= 0.6 is 0 Å². The fourth-order valence-corrected chi connectivity index (χ4v) is 2.98. The quantitative estimate of drug-likeness (QED) is 0.500. The third kappa shape index (κ3) is 5.08. The van der Waals surface area contributed by atoms with Gasteiger partial charge in [-0.25, -0.2) is 4.98 Å².